The fraction of sp³-hybridized carbons (Fsp3) is 0.727. The molecule has 0 aliphatic heterocycles. The highest BCUT2D eigenvalue weighted by Crippen LogP contribution is 2.22. The van der Waals surface area contributed by atoms with Gasteiger partial charge in [-0.1, -0.05) is 27.4 Å². The van der Waals surface area contributed by atoms with E-state index in [1.807, 2.05) is 6.92 Å². The fourth-order valence-electron chi connectivity index (χ4n) is 1.78. The first-order valence-corrected chi connectivity index (χ1v) is 5.27. The van der Waals surface area contributed by atoms with Crippen LogP contribution in [0.1, 0.15) is 40.0 Å². The Kier molecular flexibility index (Phi) is 5.46. The first-order valence-electron chi connectivity index (χ1n) is 5.27. The number of hydrogen-bond acceptors (Lipinski definition) is 2. The molecule has 1 amide bonds. The lowest BCUT2D eigenvalue weighted by atomic mass is 9.86. The molecule has 0 heterocycles. The van der Waals surface area contributed by atoms with Crippen LogP contribution < -0.4 is 11.1 Å². The van der Waals surface area contributed by atoms with Crippen molar-refractivity contribution in [3.05, 3.63) is 12.7 Å². The Labute approximate surface area is 86.8 Å². The van der Waals surface area contributed by atoms with Crippen LogP contribution >= 0.6 is 0 Å². The van der Waals surface area contributed by atoms with E-state index in [0.717, 1.165) is 19.3 Å². The maximum Gasteiger partial charge on any atom is 0.244 e. The lowest BCUT2D eigenvalue weighted by Crippen LogP contribution is -2.59. The molecule has 14 heavy (non-hydrogen) atoms. The molecule has 0 radical (unpaired) electrons. The molecular formula is C11H22N2O. The number of carbonyl (C=O) groups is 1. The molecule has 0 aliphatic rings. The summed E-state index contributed by atoms with van der Waals surface area (Å²) >= 11 is 0. The lowest BCUT2D eigenvalue weighted by molar-refractivity contribution is -0.119. The predicted octanol–water partition coefficient (Wildman–Crippen LogP) is 1.79. The molecule has 0 saturated heterocycles. The number of hydrogen-bond donors (Lipinski definition) is 2. The summed E-state index contributed by atoms with van der Waals surface area (Å²) in [6.07, 6.45) is 3.94. The summed E-state index contributed by atoms with van der Waals surface area (Å²) in [5.74, 6) is 0.123. The van der Waals surface area contributed by atoms with Crippen molar-refractivity contribution in [2.75, 3.05) is 0 Å². The van der Waals surface area contributed by atoms with Gasteiger partial charge in [0, 0.05) is 0 Å². The van der Waals surface area contributed by atoms with Crippen LogP contribution in [0.3, 0.4) is 0 Å². The monoisotopic (exact) mass is 198 g/mol. The Bertz CT molecular complexity index is 199. The molecule has 82 valence electrons. The second-order valence-electron chi connectivity index (χ2n) is 3.60. The van der Waals surface area contributed by atoms with Crippen molar-refractivity contribution < 1.29 is 4.79 Å². The van der Waals surface area contributed by atoms with Gasteiger partial charge in [-0.3, -0.25) is 4.79 Å². The summed E-state index contributed by atoms with van der Waals surface area (Å²) in [5.41, 5.74) is 5.57. The molecule has 0 fully saturated rings. The fourth-order valence-corrected chi connectivity index (χ4v) is 1.78. The standard InChI is InChI=1S/C11H22N2O/c1-5-9(6-2)11(12,8-4)13-10(14)7-3/h7,9H,3,5-6,8,12H2,1-2,4H3,(H,13,14). The van der Waals surface area contributed by atoms with Gasteiger partial charge < -0.3 is 11.1 Å². The van der Waals surface area contributed by atoms with E-state index in [4.69, 9.17) is 5.73 Å². The highest BCUT2D eigenvalue weighted by molar-refractivity contribution is 5.87. The van der Waals surface area contributed by atoms with E-state index in [1.165, 1.54) is 6.08 Å². The van der Waals surface area contributed by atoms with E-state index >= 15 is 0 Å². The molecule has 0 aromatic carbocycles. The van der Waals surface area contributed by atoms with Crippen LogP contribution in [-0.2, 0) is 4.79 Å². The smallest absolute Gasteiger partial charge is 0.244 e. The Morgan fingerprint density at radius 1 is 1.50 bits per heavy atom. The molecule has 0 aromatic heterocycles. The van der Waals surface area contributed by atoms with Gasteiger partial charge in [0.2, 0.25) is 5.91 Å². The van der Waals surface area contributed by atoms with Crippen molar-refractivity contribution >= 4 is 5.91 Å². The van der Waals surface area contributed by atoms with E-state index in [-0.39, 0.29) is 5.91 Å². The topological polar surface area (TPSA) is 55.1 Å². The summed E-state index contributed by atoms with van der Waals surface area (Å²) in [6.45, 7) is 9.59. The molecule has 3 N–H and O–H groups in total. The van der Waals surface area contributed by atoms with Crippen LogP contribution in [0.25, 0.3) is 0 Å². The van der Waals surface area contributed by atoms with Gasteiger partial charge in [-0.05, 0) is 31.3 Å². The molecule has 0 saturated carbocycles. The van der Waals surface area contributed by atoms with E-state index in [1.54, 1.807) is 0 Å². The Balaban J connectivity index is 4.58. The number of rotatable bonds is 6. The maximum atomic E-state index is 11.2. The van der Waals surface area contributed by atoms with Crippen LogP contribution in [0.15, 0.2) is 12.7 Å². The minimum Gasteiger partial charge on any atom is -0.334 e. The zero-order valence-corrected chi connectivity index (χ0v) is 9.47. The average Bonchev–Trinajstić information content (AvgIpc) is 2.19. The quantitative estimate of drug-likeness (QED) is 0.505. The van der Waals surface area contributed by atoms with Gasteiger partial charge in [-0.15, -0.1) is 0 Å². The molecule has 3 heteroatoms. The molecular weight excluding hydrogens is 176 g/mol. The minimum absolute atomic E-state index is 0.193. The Morgan fingerprint density at radius 2 is 2.00 bits per heavy atom. The predicted molar refractivity (Wildman–Crippen MR) is 59.6 cm³/mol. The van der Waals surface area contributed by atoms with Crippen molar-refractivity contribution in [1.82, 2.24) is 5.32 Å². The third-order valence-corrected chi connectivity index (χ3v) is 2.84. The first kappa shape index (κ1) is 13.2. The van der Waals surface area contributed by atoms with E-state index in [9.17, 15) is 4.79 Å². The van der Waals surface area contributed by atoms with Crippen molar-refractivity contribution in [1.29, 1.82) is 0 Å². The third kappa shape index (κ3) is 3.14. The number of nitrogens with two attached hydrogens (primary N) is 1. The SMILES string of the molecule is C=CC(=O)NC(N)(CC)C(CC)CC. The number of amides is 1. The van der Waals surface area contributed by atoms with Gasteiger partial charge >= 0.3 is 0 Å². The van der Waals surface area contributed by atoms with Gasteiger partial charge in [-0.2, -0.15) is 0 Å². The van der Waals surface area contributed by atoms with E-state index in [0.29, 0.717) is 5.92 Å². The molecule has 0 bridgehead atoms. The van der Waals surface area contributed by atoms with Crippen LogP contribution in [0.4, 0.5) is 0 Å². The maximum absolute atomic E-state index is 11.2. The summed E-state index contributed by atoms with van der Waals surface area (Å²) in [5, 5.41) is 2.82. The van der Waals surface area contributed by atoms with Crippen LogP contribution in [0.2, 0.25) is 0 Å². The highest BCUT2D eigenvalue weighted by Gasteiger charge is 2.31. The highest BCUT2D eigenvalue weighted by atomic mass is 16.1. The van der Waals surface area contributed by atoms with Gasteiger partial charge in [0.1, 0.15) is 0 Å². The lowest BCUT2D eigenvalue weighted by Gasteiger charge is -2.36. The van der Waals surface area contributed by atoms with Crippen molar-refractivity contribution in [3.8, 4) is 0 Å². The molecule has 3 nitrogen and oxygen atoms in total. The average molecular weight is 198 g/mol. The van der Waals surface area contributed by atoms with Gasteiger partial charge in [-0.25, -0.2) is 0 Å². The molecule has 0 aliphatic carbocycles. The van der Waals surface area contributed by atoms with Crippen molar-refractivity contribution in [2.45, 2.75) is 45.7 Å². The van der Waals surface area contributed by atoms with Crippen molar-refractivity contribution in [2.24, 2.45) is 11.7 Å². The van der Waals surface area contributed by atoms with E-state index in [2.05, 4.69) is 25.7 Å². The second kappa shape index (κ2) is 5.81. The third-order valence-electron chi connectivity index (χ3n) is 2.84. The summed E-state index contributed by atoms with van der Waals surface area (Å²) in [7, 11) is 0. The van der Waals surface area contributed by atoms with Gasteiger partial charge in [0.25, 0.3) is 0 Å². The molecule has 1 atom stereocenters. The van der Waals surface area contributed by atoms with E-state index < -0.39 is 5.66 Å². The summed E-state index contributed by atoms with van der Waals surface area (Å²) in [6, 6.07) is 0. The molecule has 0 aromatic rings. The molecule has 1 unspecified atom stereocenters. The van der Waals surface area contributed by atoms with Crippen molar-refractivity contribution in [3.63, 3.8) is 0 Å². The van der Waals surface area contributed by atoms with Crippen LogP contribution in [-0.4, -0.2) is 11.6 Å². The Morgan fingerprint density at radius 3 is 2.29 bits per heavy atom. The molecule has 0 spiro atoms. The van der Waals surface area contributed by atoms with Gasteiger partial charge in [0.05, 0.1) is 5.66 Å². The largest absolute Gasteiger partial charge is 0.334 e. The summed E-state index contributed by atoms with van der Waals surface area (Å²) in [4.78, 5) is 11.2. The van der Waals surface area contributed by atoms with Gasteiger partial charge in [0.15, 0.2) is 0 Å². The molecule has 0 rings (SSSR count). The minimum atomic E-state index is -0.589. The zero-order chi connectivity index (χ0) is 11.2. The van der Waals surface area contributed by atoms with Crippen LogP contribution in [0.5, 0.6) is 0 Å². The Hall–Kier alpha value is -0.830. The number of nitrogens with one attached hydrogen (secondary N) is 1. The number of carbonyl (C=O) groups excluding carboxylic acids is 1. The summed E-state index contributed by atoms with van der Waals surface area (Å²) < 4.78 is 0. The second-order valence-corrected chi connectivity index (χ2v) is 3.60. The first-order chi connectivity index (χ1) is 6.53. The zero-order valence-electron chi connectivity index (χ0n) is 9.47. The van der Waals surface area contributed by atoms with Crippen LogP contribution in [0, 0.1) is 5.92 Å². The normalized spacial score (nSPS) is 14.9.